The summed E-state index contributed by atoms with van der Waals surface area (Å²) < 4.78 is 20.5. The summed E-state index contributed by atoms with van der Waals surface area (Å²) in [6.45, 7) is 2.25. The van der Waals surface area contributed by atoms with E-state index in [1.807, 2.05) is 18.2 Å². The van der Waals surface area contributed by atoms with Crippen molar-refractivity contribution in [3.05, 3.63) is 29.8 Å². The first-order valence-electron chi connectivity index (χ1n) is 8.44. The predicted octanol–water partition coefficient (Wildman–Crippen LogP) is 5.35. The summed E-state index contributed by atoms with van der Waals surface area (Å²) in [5, 5.41) is 0. The van der Waals surface area contributed by atoms with Gasteiger partial charge in [-0.2, -0.15) is 0 Å². The Balaban J connectivity index is 0.00000441. The third-order valence-electron chi connectivity index (χ3n) is 3.96. The van der Waals surface area contributed by atoms with E-state index in [0.717, 1.165) is 18.4 Å². The summed E-state index contributed by atoms with van der Waals surface area (Å²) in [6.07, 6.45) is 14.1. The van der Waals surface area contributed by atoms with Crippen molar-refractivity contribution >= 4 is 40.6 Å². The summed E-state index contributed by atoms with van der Waals surface area (Å²) in [5.41, 5.74) is 1.03. The summed E-state index contributed by atoms with van der Waals surface area (Å²) in [4.78, 5) is 0.577. The average molecular weight is 333 g/mol. The molecule has 1 N–H and O–H groups in total. The molecule has 1 aromatic carbocycles. The van der Waals surface area contributed by atoms with Gasteiger partial charge in [-0.1, -0.05) is 82.9 Å². The van der Waals surface area contributed by atoms with Crippen LogP contribution in [-0.2, 0) is 17.5 Å². The van der Waals surface area contributed by atoms with Crippen molar-refractivity contribution in [2.45, 2.75) is 82.4 Å². The average Bonchev–Trinajstić information content (AvgIpc) is 2.49. The Kier molecular flexibility index (Phi) is 15.1. The van der Waals surface area contributed by atoms with E-state index in [0.29, 0.717) is 4.90 Å². The van der Waals surface area contributed by atoms with E-state index in [9.17, 15) is 8.76 Å². The Bertz CT molecular complexity index is 410. The molecule has 1 radical (unpaired) electrons. The number of rotatable bonds is 12. The van der Waals surface area contributed by atoms with Crippen LogP contribution in [-0.4, -0.2) is 38.3 Å². The molecule has 1 rings (SSSR count). The maximum Gasteiger partial charge on any atom is 0.186 e. The van der Waals surface area contributed by atoms with Gasteiger partial charge in [0.1, 0.15) is 0 Å². The molecule has 1 atom stereocenters. The molecule has 4 heteroatoms. The molecule has 0 fully saturated rings. The van der Waals surface area contributed by atoms with Gasteiger partial charge in [-0.25, -0.2) is 4.21 Å². The van der Waals surface area contributed by atoms with Gasteiger partial charge in [-0.05, 0) is 24.5 Å². The molecule has 0 bridgehead atoms. The minimum absolute atomic E-state index is 0. The Labute approximate surface area is 161 Å². The molecule has 0 saturated heterocycles. The second-order valence-corrected chi connectivity index (χ2v) is 6.73. The Morgan fingerprint density at radius 3 is 1.91 bits per heavy atom. The van der Waals surface area contributed by atoms with Gasteiger partial charge in [0, 0.05) is 29.6 Å². The van der Waals surface area contributed by atoms with E-state index in [1.165, 1.54) is 57.8 Å². The molecule has 121 valence electrons. The fourth-order valence-corrected chi connectivity index (χ4v) is 3.27. The Morgan fingerprint density at radius 2 is 1.36 bits per heavy atom. The molecule has 0 aliphatic heterocycles. The number of hydrogen-bond acceptors (Lipinski definition) is 1. The van der Waals surface area contributed by atoms with Crippen molar-refractivity contribution in [3.8, 4) is 0 Å². The van der Waals surface area contributed by atoms with Crippen molar-refractivity contribution in [2.24, 2.45) is 0 Å². The molecule has 0 spiro atoms. The van der Waals surface area contributed by atoms with Gasteiger partial charge >= 0.3 is 0 Å². The minimum Gasteiger partial charge on any atom is -0.302 e. The second-order valence-electron chi connectivity index (χ2n) is 5.79. The van der Waals surface area contributed by atoms with E-state index in [-0.39, 0.29) is 29.6 Å². The molecule has 1 aromatic rings. The fourth-order valence-electron chi connectivity index (χ4n) is 2.68. The standard InChI is InChI=1S/C18H30O2S.Na/c1-2-3-4-5-6-7-8-9-10-11-14-17-15-12-13-16-18(17)21(19)20;/h12-13,15-16H,2-11,14H2,1H3,(H,19,20);. The predicted molar refractivity (Wildman–Crippen MR) is 96.8 cm³/mol. The van der Waals surface area contributed by atoms with Crippen LogP contribution in [0.1, 0.15) is 76.7 Å². The monoisotopic (exact) mass is 333 g/mol. The van der Waals surface area contributed by atoms with E-state index in [2.05, 4.69) is 6.92 Å². The van der Waals surface area contributed by atoms with Crippen LogP contribution < -0.4 is 0 Å². The number of hydrogen-bond donors (Lipinski definition) is 1. The van der Waals surface area contributed by atoms with Crippen LogP contribution in [0.15, 0.2) is 29.2 Å². The van der Waals surface area contributed by atoms with Crippen LogP contribution in [0.25, 0.3) is 0 Å². The smallest absolute Gasteiger partial charge is 0.186 e. The van der Waals surface area contributed by atoms with Gasteiger partial charge in [0.25, 0.3) is 0 Å². The SMILES string of the molecule is CCCCCCCCCCCCc1ccccc1S(=O)O.[Na]. The van der Waals surface area contributed by atoms with Crippen LogP contribution in [0.4, 0.5) is 0 Å². The summed E-state index contributed by atoms with van der Waals surface area (Å²) in [7, 11) is 0. The zero-order chi connectivity index (χ0) is 15.3. The number of aryl methyl sites for hydroxylation is 1. The Morgan fingerprint density at radius 1 is 0.864 bits per heavy atom. The molecular weight excluding hydrogens is 303 g/mol. The van der Waals surface area contributed by atoms with Crippen LogP contribution >= 0.6 is 0 Å². The van der Waals surface area contributed by atoms with Crippen LogP contribution in [0.3, 0.4) is 0 Å². The first kappa shape index (κ1) is 22.3. The topological polar surface area (TPSA) is 37.3 Å². The molecule has 22 heavy (non-hydrogen) atoms. The van der Waals surface area contributed by atoms with E-state index < -0.39 is 11.1 Å². The molecular formula is C18H30NaO2S. The third kappa shape index (κ3) is 10.2. The van der Waals surface area contributed by atoms with Gasteiger partial charge in [0.05, 0.1) is 4.90 Å². The van der Waals surface area contributed by atoms with E-state index >= 15 is 0 Å². The molecule has 0 aromatic heterocycles. The van der Waals surface area contributed by atoms with E-state index in [4.69, 9.17) is 0 Å². The largest absolute Gasteiger partial charge is 0.302 e. The molecule has 1 unspecified atom stereocenters. The van der Waals surface area contributed by atoms with Crippen LogP contribution in [0.5, 0.6) is 0 Å². The van der Waals surface area contributed by atoms with Crippen molar-refractivity contribution in [3.63, 3.8) is 0 Å². The normalized spacial score (nSPS) is 11.9. The Hall–Kier alpha value is 0.330. The quantitative estimate of drug-likeness (QED) is 0.318. The van der Waals surface area contributed by atoms with Gasteiger partial charge in [-0.15, -0.1) is 0 Å². The summed E-state index contributed by atoms with van der Waals surface area (Å²) >= 11 is -1.86. The van der Waals surface area contributed by atoms with Crippen molar-refractivity contribution in [1.82, 2.24) is 0 Å². The second kappa shape index (κ2) is 14.9. The molecule has 0 saturated carbocycles. The summed E-state index contributed by atoms with van der Waals surface area (Å²) in [6, 6.07) is 7.49. The van der Waals surface area contributed by atoms with Crippen LogP contribution in [0, 0.1) is 0 Å². The van der Waals surface area contributed by atoms with Crippen LogP contribution in [0.2, 0.25) is 0 Å². The van der Waals surface area contributed by atoms with Crippen molar-refractivity contribution < 1.29 is 8.76 Å². The van der Waals surface area contributed by atoms with Gasteiger partial charge in [-0.3, -0.25) is 0 Å². The molecule has 0 amide bonds. The van der Waals surface area contributed by atoms with Gasteiger partial charge in [0.2, 0.25) is 0 Å². The van der Waals surface area contributed by atoms with Crippen molar-refractivity contribution in [1.29, 1.82) is 0 Å². The van der Waals surface area contributed by atoms with Gasteiger partial charge in [0.15, 0.2) is 11.1 Å². The molecule has 2 nitrogen and oxygen atoms in total. The third-order valence-corrected chi connectivity index (χ3v) is 4.73. The summed E-state index contributed by atoms with van der Waals surface area (Å²) in [5.74, 6) is 0. The molecule has 0 heterocycles. The van der Waals surface area contributed by atoms with Gasteiger partial charge < -0.3 is 4.55 Å². The first-order valence-corrected chi connectivity index (χ1v) is 9.55. The molecule has 0 aliphatic carbocycles. The first-order chi connectivity index (χ1) is 10.3. The van der Waals surface area contributed by atoms with Crippen molar-refractivity contribution in [2.75, 3.05) is 0 Å². The van der Waals surface area contributed by atoms with E-state index in [1.54, 1.807) is 6.07 Å². The fraction of sp³-hybridized carbons (Fsp3) is 0.667. The number of unbranched alkanes of at least 4 members (excludes halogenated alkanes) is 9. The maximum atomic E-state index is 11.2. The number of benzene rings is 1. The molecule has 0 aliphatic rings. The zero-order valence-corrected chi connectivity index (χ0v) is 17.2. The minimum atomic E-state index is -1.86. The zero-order valence-electron chi connectivity index (χ0n) is 14.4. The maximum absolute atomic E-state index is 11.2.